The maximum atomic E-state index is 11.9. The third kappa shape index (κ3) is 6.47. The van der Waals surface area contributed by atoms with Crippen molar-refractivity contribution < 1.29 is 9.53 Å². The summed E-state index contributed by atoms with van der Waals surface area (Å²) >= 11 is 0. The fourth-order valence-corrected chi connectivity index (χ4v) is 3.70. The van der Waals surface area contributed by atoms with E-state index < -0.39 is 0 Å². The molecule has 0 bridgehead atoms. The maximum absolute atomic E-state index is 11.9. The highest BCUT2D eigenvalue weighted by molar-refractivity contribution is 5.80. The first-order valence-corrected chi connectivity index (χ1v) is 9.50. The third-order valence-electron chi connectivity index (χ3n) is 5.36. The molecule has 2 N–H and O–H groups in total. The zero-order valence-electron chi connectivity index (χ0n) is 16.1. The third-order valence-corrected chi connectivity index (χ3v) is 5.36. The van der Waals surface area contributed by atoms with Gasteiger partial charge in [-0.1, -0.05) is 19.8 Å². The van der Waals surface area contributed by atoms with Gasteiger partial charge in [0.05, 0.1) is 13.2 Å². The molecule has 1 heterocycles. The smallest absolute Gasteiger partial charge is 0.234 e. The largest absolute Gasteiger partial charge is 0.383 e. The first-order valence-electron chi connectivity index (χ1n) is 9.50. The van der Waals surface area contributed by atoms with E-state index in [1.54, 1.807) is 7.11 Å². The normalized spacial score (nSPS) is 21.4. The number of rotatable bonds is 7. The maximum Gasteiger partial charge on any atom is 0.234 e. The van der Waals surface area contributed by atoms with Crippen molar-refractivity contribution in [1.29, 1.82) is 0 Å². The predicted octanol–water partition coefficient (Wildman–Crippen LogP) is 0.522. The van der Waals surface area contributed by atoms with E-state index in [9.17, 15) is 4.79 Å². The minimum atomic E-state index is 0.0714. The highest BCUT2D eigenvalue weighted by Gasteiger charge is 2.29. The van der Waals surface area contributed by atoms with Crippen molar-refractivity contribution in [3.63, 3.8) is 0 Å². The first-order chi connectivity index (χ1) is 12.1. The Balaban J connectivity index is 1.69. The summed E-state index contributed by atoms with van der Waals surface area (Å²) in [5, 5.41) is 6.45. The van der Waals surface area contributed by atoms with Crippen LogP contribution in [0, 0.1) is 5.41 Å². The Hall–Kier alpha value is -1.34. The summed E-state index contributed by atoms with van der Waals surface area (Å²) in [5.74, 6) is 1.07. The molecule has 0 atom stereocenters. The molecule has 25 heavy (non-hydrogen) atoms. The Morgan fingerprint density at radius 1 is 1.16 bits per heavy atom. The highest BCUT2D eigenvalue weighted by Crippen LogP contribution is 2.36. The number of ether oxygens (including phenoxy) is 1. The number of aliphatic imine (C=N–C) groups is 1. The molecular weight excluding hydrogens is 318 g/mol. The predicted molar refractivity (Wildman–Crippen MR) is 101 cm³/mol. The van der Waals surface area contributed by atoms with Gasteiger partial charge in [0.2, 0.25) is 5.91 Å². The van der Waals surface area contributed by atoms with Gasteiger partial charge in [-0.25, -0.2) is 0 Å². The molecule has 1 aliphatic heterocycles. The van der Waals surface area contributed by atoms with E-state index in [1.807, 2.05) is 7.05 Å². The standard InChI is InChI=1S/C18H35N5O2/c1-18(6-4-5-7-18)15-21-17(19-2)23-11-9-22(10-12-23)14-16(24)20-8-13-25-3/h4-15H2,1-3H3,(H,19,21)(H,20,24). The summed E-state index contributed by atoms with van der Waals surface area (Å²) in [4.78, 5) is 20.8. The highest BCUT2D eigenvalue weighted by atomic mass is 16.5. The van der Waals surface area contributed by atoms with E-state index in [0.717, 1.165) is 38.7 Å². The van der Waals surface area contributed by atoms with Gasteiger partial charge in [0.25, 0.3) is 0 Å². The van der Waals surface area contributed by atoms with Crippen molar-refractivity contribution in [2.45, 2.75) is 32.6 Å². The van der Waals surface area contributed by atoms with Gasteiger partial charge in [-0.15, -0.1) is 0 Å². The minimum Gasteiger partial charge on any atom is -0.383 e. The van der Waals surface area contributed by atoms with Crippen LogP contribution in [0.2, 0.25) is 0 Å². The summed E-state index contributed by atoms with van der Waals surface area (Å²) in [6.07, 6.45) is 5.32. The van der Waals surface area contributed by atoms with Crippen molar-refractivity contribution >= 4 is 11.9 Å². The Kier molecular flexibility index (Phi) is 7.96. The van der Waals surface area contributed by atoms with Crippen LogP contribution in [0.15, 0.2) is 4.99 Å². The van der Waals surface area contributed by atoms with Crippen LogP contribution in [0.1, 0.15) is 32.6 Å². The first kappa shape index (κ1) is 20.0. The lowest BCUT2D eigenvalue weighted by Gasteiger charge is -2.37. The Morgan fingerprint density at radius 3 is 2.44 bits per heavy atom. The second kappa shape index (κ2) is 9.97. The monoisotopic (exact) mass is 353 g/mol. The van der Waals surface area contributed by atoms with Crippen molar-refractivity contribution in [3.05, 3.63) is 0 Å². The Morgan fingerprint density at radius 2 is 1.84 bits per heavy atom. The van der Waals surface area contributed by atoms with E-state index in [4.69, 9.17) is 4.74 Å². The van der Waals surface area contributed by atoms with Crippen LogP contribution in [-0.4, -0.2) is 88.2 Å². The number of hydrogen-bond acceptors (Lipinski definition) is 4. The van der Waals surface area contributed by atoms with E-state index in [-0.39, 0.29) is 5.91 Å². The number of guanidine groups is 1. The number of hydrogen-bond donors (Lipinski definition) is 2. The second-order valence-corrected chi connectivity index (χ2v) is 7.52. The summed E-state index contributed by atoms with van der Waals surface area (Å²) in [6.45, 7) is 8.55. The summed E-state index contributed by atoms with van der Waals surface area (Å²) in [5.41, 5.74) is 0.415. The number of nitrogens with zero attached hydrogens (tertiary/aromatic N) is 3. The van der Waals surface area contributed by atoms with Gasteiger partial charge in [-0.05, 0) is 18.3 Å². The van der Waals surface area contributed by atoms with Gasteiger partial charge in [0.15, 0.2) is 5.96 Å². The van der Waals surface area contributed by atoms with Gasteiger partial charge in [-0.3, -0.25) is 14.7 Å². The van der Waals surface area contributed by atoms with E-state index in [2.05, 4.69) is 32.3 Å². The number of amides is 1. The lowest BCUT2D eigenvalue weighted by atomic mass is 9.89. The van der Waals surface area contributed by atoms with Gasteiger partial charge in [-0.2, -0.15) is 0 Å². The zero-order valence-corrected chi connectivity index (χ0v) is 16.1. The number of methoxy groups -OCH3 is 1. The van der Waals surface area contributed by atoms with Crippen molar-refractivity contribution in [3.8, 4) is 0 Å². The van der Waals surface area contributed by atoms with Crippen molar-refractivity contribution in [1.82, 2.24) is 20.4 Å². The van der Waals surface area contributed by atoms with E-state index >= 15 is 0 Å². The lowest BCUT2D eigenvalue weighted by molar-refractivity contribution is -0.122. The molecule has 1 saturated carbocycles. The molecule has 1 aliphatic carbocycles. The van der Waals surface area contributed by atoms with Gasteiger partial charge >= 0.3 is 0 Å². The van der Waals surface area contributed by atoms with Gasteiger partial charge < -0.3 is 20.3 Å². The van der Waals surface area contributed by atoms with Crippen LogP contribution in [0.5, 0.6) is 0 Å². The molecule has 7 heteroatoms. The van der Waals surface area contributed by atoms with E-state index in [1.165, 1.54) is 25.7 Å². The van der Waals surface area contributed by atoms with Crippen LogP contribution in [0.3, 0.4) is 0 Å². The van der Waals surface area contributed by atoms with Crippen LogP contribution in [0.4, 0.5) is 0 Å². The molecule has 2 aliphatic rings. The second-order valence-electron chi connectivity index (χ2n) is 7.52. The molecule has 7 nitrogen and oxygen atoms in total. The minimum absolute atomic E-state index is 0.0714. The summed E-state index contributed by atoms with van der Waals surface area (Å²) < 4.78 is 4.95. The van der Waals surface area contributed by atoms with Crippen LogP contribution >= 0.6 is 0 Å². The zero-order chi connectivity index (χ0) is 18.1. The fourth-order valence-electron chi connectivity index (χ4n) is 3.70. The van der Waals surface area contributed by atoms with Crippen molar-refractivity contribution in [2.24, 2.45) is 10.4 Å². The van der Waals surface area contributed by atoms with Crippen LogP contribution < -0.4 is 10.6 Å². The fraction of sp³-hybridized carbons (Fsp3) is 0.889. The molecule has 1 amide bonds. The SMILES string of the molecule is CN=C(NCC1(C)CCCC1)N1CCN(CC(=O)NCCOC)CC1. The van der Waals surface area contributed by atoms with Crippen molar-refractivity contribution in [2.75, 3.05) is 66.6 Å². The average molecular weight is 354 g/mol. The molecule has 0 aromatic rings. The summed E-state index contributed by atoms with van der Waals surface area (Å²) in [7, 11) is 3.49. The Labute approximate surface area is 152 Å². The van der Waals surface area contributed by atoms with E-state index in [0.29, 0.717) is 25.1 Å². The van der Waals surface area contributed by atoms with Gasteiger partial charge in [0.1, 0.15) is 0 Å². The molecular formula is C18H35N5O2. The average Bonchev–Trinajstić information content (AvgIpc) is 3.04. The topological polar surface area (TPSA) is 69.2 Å². The molecule has 0 aromatic carbocycles. The Bertz CT molecular complexity index is 441. The quantitative estimate of drug-likeness (QED) is 0.397. The van der Waals surface area contributed by atoms with Crippen LogP contribution in [-0.2, 0) is 9.53 Å². The molecule has 0 radical (unpaired) electrons. The molecule has 0 spiro atoms. The molecule has 2 rings (SSSR count). The number of piperazine rings is 1. The number of nitrogens with one attached hydrogen (secondary N) is 2. The summed E-state index contributed by atoms with van der Waals surface area (Å²) in [6, 6.07) is 0. The number of carbonyl (C=O) groups excluding carboxylic acids is 1. The molecule has 144 valence electrons. The molecule has 0 aromatic heterocycles. The number of carbonyl (C=O) groups is 1. The lowest BCUT2D eigenvalue weighted by Crippen LogP contribution is -2.54. The van der Waals surface area contributed by atoms with Gasteiger partial charge in [0, 0.05) is 53.4 Å². The van der Waals surface area contributed by atoms with Crippen LogP contribution in [0.25, 0.3) is 0 Å². The molecule has 0 unspecified atom stereocenters. The molecule has 1 saturated heterocycles. The molecule has 2 fully saturated rings.